The Morgan fingerprint density at radius 2 is 1.85 bits per heavy atom. The molecule has 1 atom stereocenters. The first-order chi connectivity index (χ1) is 9.88. The second-order valence-corrected chi connectivity index (χ2v) is 6.34. The van der Waals surface area contributed by atoms with Crippen LogP contribution in [0.4, 0.5) is 0 Å². The van der Waals surface area contributed by atoms with E-state index in [2.05, 4.69) is 34.2 Å². The highest BCUT2D eigenvalue weighted by Gasteiger charge is 2.14. The van der Waals surface area contributed by atoms with Crippen molar-refractivity contribution < 1.29 is 0 Å². The second kappa shape index (κ2) is 9.54. The molecule has 1 fully saturated rings. The first-order valence-electron chi connectivity index (χ1n) is 8.69. The van der Waals surface area contributed by atoms with Gasteiger partial charge >= 0.3 is 0 Å². The predicted molar refractivity (Wildman–Crippen MR) is 87.1 cm³/mol. The van der Waals surface area contributed by atoms with Crippen LogP contribution in [0.25, 0.3) is 0 Å². The van der Waals surface area contributed by atoms with Crippen LogP contribution in [0.15, 0.2) is 12.2 Å². The summed E-state index contributed by atoms with van der Waals surface area (Å²) in [5, 5.41) is 3.65. The fourth-order valence-corrected chi connectivity index (χ4v) is 3.26. The molecule has 20 heavy (non-hydrogen) atoms. The van der Waals surface area contributed by atoms with Crippen molar-refractivity contribution in [3.63, 3.8) is 0 Å². The van der Waals surface area contributed by atoms with Gasteiger partial charge in [-0.3, -0.25) is 0 Å². The summed E-state index contributed by atoms with van der Waals surface area (Å²) in [6.07, 6.45) is 11.3. The molecule has 116 valence electrons. The van der Waals surface area contributed by atoms with Gasteiger partial charge in [0.2, 0.25) is 0 Å². The number of hydrogen-bond acceptors (Lipinski definition) is 3. The van der Waals surface area contributed by atoms with Crippen LogP contribution in [0.2, 0.25) is 0 Å². The van der Waals surface area contributed by atoms with E-state index in [1.165, 1.54) is 84.5 Å². The summed E-state index contributed by atoms with van der Waals surface area (Å²) >= 11 is 0. The minimum absolute atomic E-state index is 0.891. The van der Waals surface area contributed by atoms with Crippen LogP contribution in [0.5, 0.6) is 0 Å². The maximum atomic E-state index is 3.65. The van der Waals surface area contributed by atoms with Gasteiger partial charge in [-0.15, -0.1) is 0 Å². The molecule has 1 aliphatic carbocycles. The topological polar surface area (TPSA) is 18.5 Å². The first-order valence-corrected chi connectivity index (χ1v) is 8.69. The van der Waals surface area contributed by atoms with Gasteiger partial charge in [0.25, 0.3) is 0 Å². The lowest BCUT2D eigenvalue weighted by Crippen LogP contribution is -2.46. The number of rotatable bonds is 8. The van der Waals surface area contributed by atoms with Crippen LogP contribution < -0.4 is 5.32 Å². The third kappa shape index (κ3) is 5.94. The average molecular weight is 279 g/mol. The molecule has 2 rings (SSSR count). The molecule has 1 heterocycles. The highest BCUT2D eigenvalue weighted by atomic mass is 15.3. The minimum Gasteiger partial charge on any atom is -0.316 e. The quantitative estimate of drug-likeness (QED) is 0.543. The van der Waals surface area contributed by atoms with Gasteiger partial charge in [-0.1, -0.05) is 19.1 Å². The molecule has 1 aliphatic heterocycles. The highest BCUT2D eigenvalue weighted by Crippen LogP contribution is 2.16. The van der Waals surface area contributed by atoms with Crippen LogP contribution in [0.3, 0.4) is 0 Å². The molecule has 1 saturated heterocycles. The lowest BCUT2D eigenvalue weighted by atomic mass is 9.94. The zero-order valence-electron chi connectivity index (χ0n) is 13.3. The smallest absolute Gasteiger partial charge is 0.0110 e. The normalized spacial score (nSPS) is 25.1. The Labute approximate surface area is 125 Å². The number of hydrogen-bond donors (Lipinski definition) is 1. The third-order valence-electron chi connectivity index (χ3n) is 4.80. The fraction of sp³-hybridized carbons (Fsp3) is 0.882. The number of nitrogens with one attached hydrogen (secondary N) is 1. The average Bonchev–Trinajstić information content (AvgIpc) is 2.52. The molecule has 0 amide bonds. The summed E-state index contributed by atoms with van der Waals surface area (Å²) < 4.78 is 0. The molecule has 1 N–H and O–H groups in total. The number of nitrogens with zero attached hydrogens (tertiary/aromatic N) is 2. The van der Waals surface area contributed by atoms with Crippen LogP contribution >= 0.6 is 0 Å². The van der Waals surface area contributed by atoms with Crippen molar-refractivity contribution >= 4 is 0 Å². The molecule has 2 aliphatic rings. The maximum Gasteiger partial charge on any atom is 0.0110 e. The van der Waals surface area contributed by atoms with E-state index in [-0.39, 0.29) is 0 Å². The van der Waals surface area contributed by atoms with Crippen LogP contribution in [-0.2, 0) is 0 Å². The lowest BCUT2D eigenvalue weighted by molar-refractivity contribution is 0.135. The minimum atomic E-state index is 0.891. The van der Waals surface area contributed by atoms with E-state index in [1.54, 1.807) is 0 Å². The molecule has 0 aromatic rings. The maximum absolute atomic E-state index is 3.65. The third-order valence-corrected chi connectivity index (χ3v) is 4.80. The number of piperazine rings is 1. The van der Waals surface area contributed by atoms with E-state index in [9.17, 15) is 0 Å². The molecule has 0 aromatic carbocycles. The molecular formula is C17H33N3. The van der Waals surface area contributed by atoms with Crippen LogP contribution in [0.1, 0.15) is 39.0 Å². The van der Waals surface area contributed by atoms with Gasteiger partial charge in [-0.2, -0.15) is 0 Å². The van der Waals surface area contributed by atoms with E-state index >= 15 is 0 Å². The van der Waals surface area contributed by atoms with Crippen molar-refractivity contribution in [3.05, 3.63) is 12.2 Å². The van der Waals surface area contributed by atoms with Crippen molar-refractivity contribution in [2.24, 2.45) is 5.92 Å². The Hall–Kier alpha value is -0.380. The zero-order valence-corrected chi connectivity index (χ0v) is 13.3. The van der Waals surface area contributed by atoms with E-state index < -0.39 is 0 Å². The van der Waals surface area contributed by atoms with E-state index in [0.717, 1.165) is 5.92 Å². The van der Waals surface area contributed by atoms with Crippen molar-refractivity contribution in [2.45, 2.75) is 39.0 Å². The zero-order chi connectivity index (χ0) is 14.0. The Bertz CT molecular complexity index is 269. The standard InChI is InChI=1S/C17H33N3/c1-2-19-12-14-20(15-13-19)11-7-6-10-18-16-17-8-4-3-5-9-17/h3-4,17-18H,2,5-16H2,1H3. The molecule has 0 spiro atoms. The molecular weight excluding hydrogens is 246 g/mol. The molecule has 0 radical (unpaired) electrons. The van der Waals surface area contributed by atoms with Gasteiger partial charge in [0.1, 0.15) is 0 Å². The summed E-state index contributed by atoms with van der Waals surface area (Å²) in [6, 6.07) is 0. The van der Waals surface area contributed by atoms with Crippen molar-refractivity contribution in [2.75, 3.05) is 52.4 Å². The Morgan fingerprint density at radius 3 is 2.55 bits per heavy atom. The molecule has 3 heteroatoms. The van der Waals surface area contributed by atoms with Gasteiger partial charge in [0, 0.05) is 26.2 Å². The fourth-order valence-electron chi connectivity index (χ4n) is 3.26. The highest BCUT2D eigenvalue weighted by molar-refractivity contribution is 4.90. The lowest BCUT2D eigenvalue weighted by Gasteiger charge is -2.34. The van der Waals surface area contributed by atoms with Gasteiger partial charge in [0.05, 0.1) is 0 Å². The summed E-state index contributed by atoms with van der Waals surface area (Å²) in [6.45, 7) is 12.3. The monoisotopic (exact) mass is 279 g/mol. The molecule has 1 unspecified atom stereocenters. The molecule has 0 aromatic heterocycles. The number of allylic oxidation sites excluding steroid dienone is 2. The summed E-state index contributed by atoms with van der Waals surface area (Å²) in [4.78, 5) is 5.19. The van der Waals surface area contributed by atoms with E-state index in [4.69, 9.17) is 0 Å². The molecule has 3 nitrogen and oxygen atoms in total. The second-order valence-electron chi connectivity index (χ2n) is 6.34. The van der Waals surface area contributed by atoms with Crippen molar-refractivity contribution in [3.8, 4) is 0 Å². The van der Waals surface area contributed by atoms with Crippen LogP contribution in [0, 0.1) is 5.92 Å². The van der Waals surface area contributed by atoms with E-state index in [0.29, 0.717) is 0 Å². The van der Waals surface area contributed by atoms with Gasteiger partial charge < -0.3 is 15.1 Å². The largest absolute Gasteiger partial charge is 0.316 e. The van der Waals surface area contributed by atoms with Crippen molar-refractivity contribution in [1.82, 2.24) is 15.1 Å². The van der Waals surface area contributed by atoms with Gasteiger partial charge in [-0.25, -0.2) is 0 Å². The Balaban J connectivity index is 1.41. The molecule has 0 bridgehead atoms. The SMILES string of the molecule is CCN1CCN(CCCCNCC2CC=CCC2)CC1. The summed E-state index contributed by atoms with van der Waals surface area (Å²) in [5.74, 6) is 0.891. The number of unbranched alkanes of at least 4 members (excludes halogenated alkanes) is 1. The Kier molecular flexibility index (Phi) is 7.63. The Morgan fingerprint density at radius 1 is 1.05 bits per heavy atom. The first kappa shape index (κ1) is 16.0. The van der Waals surface area contributed by atoms with E-state index in [1.807, 2.05) is 0 Å². The predicted octanol–water partition coefficient (Wildman–Crippen LogP) is 2.35. The summed E-state index contributed by atoms with van der Waals surface area (Å²) in [5.41, 5.74) is 0. The summed E-state index contributed by atoms with van der Waals surface area (Å²) in [7, 11) is 0. The van der Waals surface area contributed by atoms with Gasteiger partial charge in [-0.05, 0) is 64.2 Å². The van der Waals surface area contributed by atoms with Gasteiger partial charge in [0.15, 0.2) is 0 Å². The molecule has 0 saturated carbocycles. The number of likely N-dealkylation sites (N-methyl/N-ethyl adjacent to an activating group) is 1. The van der Waals surface area contributed by atoms with Crippen LogP contribution in [-0.4, -0.2) is 62.2 Å². The van der Waals surface area contributed by atoms with Crippen molar-refractivity contribution in [1.29, 1.82) is 0 Å².